The van der Waals surface area contributed by atoms with E-state index in [0.717, 1.165) is 12.0 Å². The Morgan fingerprint density at radius 3 is 2.25 bits per heavy atom. The number of aryl methyl sites for hydroxylation is 1. The maximum atomic E-state index is 11.7. The lowest BCUT2D eigenvalue weighted by Crippen LogP contribution is -2.19. The molecule has 0 amide bonds. The van der Waals surface area contributed by atoms with Gasteiger partial charge in [0, 0.05) is 6.21 Å². The lowest BCUT2D eigenvalue weighted by molar-refractivity contribution is 0.651. The van der Waals surface area contributed by atoms with E-state index in [4.69, 9.17) is 0 Å². The first-order valence-corrected chi connectivity index (χ1v) is 6.59. The fourth-order valence-electron chi connectivity index (χ4n) is 1.11. The van der Waals surface area contributed by atoms with Gasteiger partial charge in [-0.1, -0.05) is 31.2 Å². The molecule has 0 bridgehead atoms. The third-order valence-electron chi connectivity index (χ3n) is 2.21. The van der Waals surface area contributed by atoms with Gasteiger partial charge in [0.05, 0.1) is 4.75 Å². The van der Waals surface area contributed by atoms with E-state index in [1.54, 1.807) is 6.21 Å². The zero-order chi connectivity index (χ0) is 12.2. The van der Waals surface area contributed by atoms with E-state index in [2.05, 4.69) is 23.5 Å². The molecule has 0 heterocycles. The molecule has 3 heteroatoms. The molecule has 1 unspecified atom stereocenters. The van der Waals surface area contributed by atoms with E-state index in [1.807, 2.05) is 32.9 Å². The monoisotopic (exact) mass is 237 g/mol. The highest BCUT2D eigenvalue weighted by Crippen LogP contribution is 2.12. The zero-order valence-corrected chi connectivity index (χ0v) is 11.2. The Morgan fingerprint density at radius 1 is 1.25 bits per heavy atom. The summed E-state index contributed by atoms with van der Waals surface area (Å²) in [6, 6.07) is 8.15. The molecule has 0 N–H and O–H groups in total. The minimum Gasteiger partial charge on any atom is -0.234 e. The minimum atomic E-state index is -1.18. The van der Waals surface area contributed by atoms with Crippen molar-refractivity contribution in [2.24, 2.45) is 4.40 Å². The van der Waals surface area contributed by atoms with E-state index >= 15 is 0 Å². The molecule has 16 heavy (non-hydrogen) atoms. The Labute approximate surface area is 100 Å². The molecule has 1 atom stereocenters. The predicted molar refractivity (Wildman–Crippen MR) is 71.3 cm³/mol. The normalized spacial score (nSPS) is 14.2. The SMILES string of the molecule is CCc1ccc(/C=N/S(=O)C(C)(C)C)cc1. The van der Waals surface area contributed by atoms with Crippen LogP contribution >= 0.6 is 0 Å². The molecule has 0 fully saturated rings. The summed E-state index contributed by atoms with van der Waals surface area (Å²) in [5, 5.41) is 0. The van der Waals surface area contributed by atoms with Gasteiger partial charge < -0.3 is 0 Å². The average molecular weight is 237 g/mol. The van der Waals surface area contributed by atoms with Crippen LogP contribution in [0.25, 0.3) is 0 Å². The molecule has 1 aromatic carbocycles. The molecule has 0 spiro atoms. The van der Waals surface area contributed by atoms with Crippen LogP contribution in [0.1, 0.15) is 38.8 Å². The Bertz CT molecular complexity index is 387. The van der Waals surface area contributed by atoms with E-state index in [-0.39, 0.29) is 4.75 Å². The van der Waals surface area contributed by atoms with Gasteiger partial charge in [-0.2, -0.15) is 4.40 Å². The molecule has 1 aromatic rings. The number of rotatable bonds is 3. The maximum absolute atomic E-state index is 11.7. The molecule has 1 rings (SSSR count). The number of benzene rings is 1. The summed E-state index contributed by atoms with van der Waals surface area (Å²) >= 11 is 0. The lowest BCUT2D eigenvalue weighted by Gasteiger charge is -2.12. The van der Waals surface area contributed by atoms with Gasteiger partial charge in [-0.25, -0.2) is 4.21 Å². The highest BCUT2D eigenvalue weighted by Gasteiger charge is 2.17. The van der Waals surface area contributed by atoms with Crippen LogP contribution in [0.15, 0.2) is 28.7 Å². The molecule has 0 aliphatic carbocycles. The van der Waals surface area contributed by atoms with Crippen molar-refractivity contribution in [3.8, 4) is 0 Å². The van der Waals surface area contributed by atoms with Gasteiger partial charge in [-0.15, -0.1) is 0 Å². The Morgan fingerprint density at radius 2 is 1.81 bits per heavy atom. The van der Waals surface area contributed by atoms with Crippen LogP contribution < -0.4 is 0 Å². The standard InChI is InChI=1S/C13H19NOS/c1-5-11-6-8-12(9-7-11)10-14-16(15)13(2,3)4/h6-10H,5H2,1-4H3/b14-10+. The van der Waals surface area contributed by atoms with Crippen molar-refractivity contribution in [3.05, 3.63) is 35.4 Å². The highest BCUT2D eigenvalue weighted by atomic mass is 32.2. The van der Waals surface area contributed by atoms with Crippen molar-refractivity contribution in [1.82, 2.24) is 0 Å². The third kappa shape index (κ3) is 3.89. The molecule has 0 aliphatic rings. The van der Waals surface area contributed by atoms with Crippen molar-refractivity contribution in [1.29, 1.82) is 0 Å². The van der Waals surface area contributed by atoms with Crippen molar-refractivity contribution in [2.75, 3.05) is 0 Å². The molecular formula is C13H19NOS. The van der Waals surface area contributed by atoms with Gasteiger partial charge in [-0.3, -0.25) is 0 Å². The largest absolute Gasteiger partial charge is 0.234 e. The topological polar surface area (TPSA) is 29.4 Å². The van der Waals surface area contributed by atoms with Gasteiger partial charge in [0.25, 0.3) is 0 Å². The molecule has 2 nitrogen and oxygen atoms in total. The number of hydrogen-bond donors (Lipinski definition) is 0. The van der Waals surface area contributed by atoms with Crippen LogP contribution in [0.3, 0.4) is 0 Å². The van der Waals surface area contributed by atoms with Gasteiger partial charge >= 0.3 is 0 Å². The van der Waals surface area contributed by atoms with Gasteiger partial charge in [0.1, 0.15) is 11.0 Å². The first-order chi connectivity index (χ1) is 7.43. The zero-order valence-electron chi connectivity index (χ0n) is 10.4. The Hall–Kier alpha value is -0.960. The van der Waals surface area contributed by atoms with Gasteiger partial charge in [0.15, 0.2) is 0 Å². The smallest absolute Gasteiger partial charge is 0.144 e. The summed E-state index contributed by atoms with van der Waals surface area (Å²) in [6.45, 7) is 7.87. The first-order valence-electron chi connectivity index (χ1n) is 5.48. The van der Waals surface area contributed by atoms with Crippen LogP contribution in [-0.2, 0) is 17.4 Å². The maximum Gasteiger partial charge on any atom is 0.144 e. The van der Waals surface area contributed by atoms with E-state index in [1.165, 1.54) is 5.56 Å². The number of nitrogens with zero attached hydrogens (tertiary/aromatic N) is 1. The van der Waals surface area contributed by atoms with Crippen molar-refractivity contribution in [2.45, 2.75) is 38.9 Å². The first kappa shape index (κ1) is 13.1. The van der Waals surface area contributed by atoms with Crippen LogP contribution in [0.4, 0.5) is 0 Å². The molecule has 0 radical (unpaired) electrons. The molecule has 0 aromatic heterocycles. The van der Waals surface area contributed by atoms with Crippen molar-refractivity contribution in [3.63, 3.8) is 0 Å². The van der Waals surface area contributed by atoms with E-state index in [0.29, 0.717) is 0 Å². The predicted octanol–water partition coefficient (Wildman–Crippen LogP) is 3.13. The molecule has 0 saturated carbocycles. The van der Waals surface area contributed by atoms with Crippen LogP contribution in [0.5, 0.6) is 0 Å². The molecular weight excluding hydrogens is 218 g/mol. The van der Waals surface area contributed by atoms with Crippen LogP contribution in [0.2, 0.25) is 0 Å². The Balaban J connectivity index is 2.73. The third-order valence-corrected chi connectivity index (χ3v) is 3.55. The van der Waals surface area contributed by atoms with Crippen molar-refractivity contribution >= 4 is 17.2 Å². The minimum absolute atomic E-state index is 0.292. The summed E-state index contributed by atoms with van der Waals surface area (Å²) in [5.41, 5.74) is 2.30. The molecule has 0 saturated heterocycles. The quantitative estimate of drug-likeness (QED) is 0.743. The average Bonchev–Trinajstić information content (AvgIpc) is 2.25. The highest BCUT2D eigenvalue weighted by molar-refractivity contribution is 7.85. The second-order valence-corrected chi connectivity index (χ2v) is 6.63. The van der Waals surface area contributed by atoms with E-state index < -0.39 is 11.0 Å². The van der Waals surface area contributed by atoms with E-state index in [9.17, 15) is 4.21 Å². The Kier molecular flexibility index (Phi) is 4.42. The van der Waals surface area contributed by atoms with Gasteiger partial charge in [-0.05, 0) is 38.3 Å². The summed E-state index contributed by atoms with van der Waals surface area (Å²) < 4.78 is 15.5. The number of hydrogen-bond acceptors (Lipinski definition) is 1. The summed E-state index contributed by atoms with van der Waals surface area (Å²) in [4.78, 5) is 0. The molecule has 0 aliphatic heterocycles. The summed E-state index contributed by atoms with van der Waals surface area (Å²) in [6.07, 6.45) is 2.71. The van der Waals surface area contributed by atoms with Crippen LogP contribution in [0, 0.1) is 0 Å². The van der Waals surface area contributed by atoms with Gasteiger partial charge in [0.2, 0.25) is 0 Å². The fraction of sp³-hybridized carbons (Fsp3) is 0.462. The fourth-order valence-corrected chi connectivity index (χ4v) is 1.64. The lowest BCUT2D eigenvalue weighted by atomic mass is 10.1. The molecule has 88 valence electrons. The second-order valence-electron chi connectivity index (χ2n) is 4.69. The second kappa shape index (κ2) is 5.39. The van der Waals surface area contributed by atoms with Crippen LogP contribution in [-0.4, -0.2) is 15.2 Å². The summed E-state index contributed by atoms with van der Waals surface area (Å²) in [5.74, 6) is 0. The van der Waals surface area contributed by atoms with Crippen molar-refractivity contribution < 1.29 is 4.21 Å². The summed E-state index contributed by atoms with van der Waals surface area (Å²) in [7, 11) is -1.18.